The molecular formula is C14H22FN3. The summed E-state index contributed by atoms with van der Waals surface area (Å²) in [7, 11) is 0. The number of hydrogen-bond donors (Lipinski definition) is 2. The molecule has 0 aliphatic heterocycles. The summed E-state index contributed by atoms with van der Waals surface area (Å²) in [5, 5.41) is 6.37. The highest BCUT2D eigenvalue weighted by molar-refractivity contribution is 5.79. The Kier molecular flexibility index (Phi) is 6.84. The molecule has 1 aromatic carbocycles. The Morgan fingerprint density at radius 3 is 2.67 bits per heavy atom. The molecule has 18 heavy (non-hydrogen) atoms. The normalized spacial score (nSPS) is 11.4. The third-order valence-electron chi connectivity index (χ3n) is 2.48. The molecule has 0 saturated carbocycles. The molecule has 0 fully saturated rings. The van der Waals surface area contributed by atoms with Crippen molar-refractivity contribution in [1.82, 2.24) is 10.6 Å². The first-order valence-corrected chi connectivity index (χ1v) is 6.53. The first-order valence-electron chi connectivity index (χ1n) is 6.53. The lowest BCUT2D eigenvalue weighted by Gasteiger charge is -2.11. The van der Waals surface area contributed by atoms with Crippen molar-refractivity contribution in [1.29, 1.82) is 0 Å². The van der Waals surface area contributed by atoms with Gasteiger partial charge in [0.15, 0.2) is 5.96 Å². The highest BCUT2D eigenvalue weighted by Crippen LogP contribution is 2.05. The summed E-state index contributed by atoms with van der Waals surface area (Å²) >= 11 is 0. The Morgan fingerprint density at radius 2 is 2.00 bits per heavy atom. The van der Waals surface area contributed by atoms with Gasteiger partial charge in [0, 0.05) is 19.6 Å². The number of nitrogens with one attached hydrogen (secondary N) is 2. The van der Waals surface area contributed by atoms with Gasteiger partial charge in [-0.15, -0.1) is 0 Å². The Balaban J connectivity index is 2.41. The van der Waals surface area contributed by atoms with Gasteiger partial charge in [-0.1, -0.05) is 25.1 Å². The predicted octanol–water partition coefficient (Wildman–Crippen LogP) is 2.33. The molecule has 100 valence electrons. The first-order chi connectivity index (χ1) is 8.77. The maximum absolute atomic E-state index is 13.4. The van der Waals surface area contributed by atoms with Crippen LogP contribution in [0.1, 0.15) is 25.8 Å². The zero-order valence-electron chi connectivity index (χ0n) is 11.2. The van der Waals surface area contributed by atoms with Crippen LogP contribution in [0.5, 0.6) is 0 Å². The first kappa shape index (κ1) is 14.5. The van der Waals surface area contributed by atoms with Crippen molar-refractivity contribution < 1.29 is 4.39 Å². The van der Waals surface area contributed by atoms with Crippen LogP contribution in [0.2, 0.25) is 0 Å². The number of aliphatic imine (C=N–C) groups is 1. The Morgan fingerprint density at radius 1 is 1.22 bits per heavy atom. The number of nitrogens with zero attached hydrogens (tertiary/aromatic N) is 1. The van der Waals surface area contributed by atoms with E-state index in [1.165, 1.54) is 6.07 Å². The van der Waals surface area contributed by atoms with Gasteiger partial charge in [0.2, 0.25) is 0 Å². The van der Waals surface area contributed by atoms with Crippen LogP contribution in [0.4, 0.5) is 4.39 Å². The topological polar surface area (TPSA) is 36.4 Å². The van der Waals surface area contributed by atoms with E-state index in [4.69, 9.17) is 0 Å². The van der Waals surface area contributed by atoms with Crippen LogP contribution in [-0.2, 0) is 6.42 Å². The third-order valence-corrected chi connectivity index (χ3v) is 2.48. The molecule has 0 aliphatic carbocycles. The molecule has 0 unspecified atom stereocenters. The monoisotopic (exact) mass is 251 g/mol. The summed E-state index contributed by atoms with van der Waals surface area (Å²) < 4.78 is 13.4. The second-order valence-corrected chi connectivity index (χ2v) is 4.03. The van der Waals surface area contributed by atoms with Gasteiger partial charge in [-0.2, -0.15) is 0 Å². The number of guanidine groups is 1. The molecule has 0 saturated heterocycles. The van der Waals surface area contributed by atoms with Crippen LogP contribution < -0.4 is 10.6 Å². The summed E-state index contributed by atoms with van der Waals surface area (Å²) in [6, 6.07) is 6.87. The van der Waals surface area contributed by atoms with Crippen LogP contribution in [-0.4, -0.2) is 25.6 Å². The molecule has 0 aliphatic rings. The minimum atomic E-state index is -0.144. The lowest BCUT2D eigenvalue weighted by atomic mass is 10.1. The van der Waals surface area contributed by atoms with E-state index in [2.05, 4.69) is 22.5 Å². The second-order valence-electron chi connectivity index (χ2n) is 4.03. The molecule has 0 heterocycles. The molecule has 0 spiro atoms. The van der Waals surface area contributed by atoms with Crippen LogP contribution >= 0.6 is 0 Å². The fourth-order valence-electron chi connectivity index (χ4n) is 1.58. The molecule has 3 nitrogen and oxygen atoms in total. The Bertz CT molecular complexity index is 377. The van der Waals surface area contributed by atoms with Gasteiger partial charge in [-0.3, -0.25) is 4.99 Å². The number of halogens is 1. The maximum Gasteiger partial charge on any atom is 0.191 e. The van der Waals surface area contributed by atoms with Crippen LogP contribution in [0, 0.1) is 5.82 Å². The number of hydrogen-bond acceptors (Lipinski definition) is 1. The fraction of sp³-hybridized carbons (Fsp3) is 0.500. The predicted molar refractivity (Wildman–Crippen MR) is 74.4 cm³/mol. The average molecular weight is 251 g/mol. The van der Waals surface area contributed by atoms with Gasteiger partial charge in [-0.25, -0.2) is 4.39 Å². The zero-order valence-corrected chi connectivity index (χ0v) is 11.2. The highest BCUT2D eigenvalue weighted by Gasteiger charge is 2.01. The lowest BCUT2D eigenvalue weighted by molar-refractivity contribution is 0.606. The molecular weight excluding hydrogens is 229 g/mol. The smallest absolute Gasteiger partial charge is 0.191 e. The van der Waals surface area contributed by atoms with E-state index in [1.54, 1.807) is 6.07 Å². The summed E-state index contributed by atoms with van der Waals surface area (Å²) in [5.41, 5.74) is 0.733. The van der Waals surface area contributed by atoms with E-state index in [1.807, 2.05) is 19.1 Å². The number of rotatable bonds is 6. The molecule has 4 heteroatoms. The van der Waals surface area contributed by atoms with Gasteiger partial charge in [-0.05, 0) is 31.4 Å². The van der Waals surface area contributed by atoms with Gasteiger partial charge in [0.05, 0.1) is 0 Å². The quantitative estimate of drug-likeness (QED) is 0.601. The largest absolute Gasteiger partial charge is 0.357 e. The van der Waals surface area contributed by atoms with Gasteiger partial charge in [0.1, 0.15) is 5.82 Å². The van der Waals surface area contributed by atoms with E-state index in [-0.39, 0.29) is 5.82 Å². The molecule has 0 aromatic heterocycles. The molecule has 1 aromatic rings. The average Bonchev–Trinajstić information content (AvgIpc) is 2.38. The van der Waals surface area contributed by atoms with Crippen molar-refractivity contribution in [2.75, 3.05) is 19.6 Å². The van der Waals surface area contributed by atoms with Crippen LogP contribution in [0.15, 0.2) is 29.3 Å². The van der Waals surface area contributed by atoms with Crippen molar-refractivity contribution >= 4 is 5.96 Å². The van der Waals surface area contributed by atoms with Gasteiger partial charge >= 0.3 is 0 Å². The van der Waals surface area contributed by atoms with Crippen molar-refractivity contribution in [3.63, 3.8) is 0 Å². The fourth-order valence-corrected chi connectivity index (χ4v) is 1.58. The summed E-state index contributed by atoms with van der Waals surface area (Å²) in [5.74, 6) is 0.658. The van der Waals surface area contributed by atoms with Gasteiger partial charge in [0.25, 0.3) is 0 Å². The molecule has 0 atom stereocenters. The van der Waals surface area contributed by atoms with Crippen molar-refractivity contribution in [3.8, 4) is 0 Å². The maximum atomic E-state index is 13.4. The zero-order chi connectivity index (χ0) is 13.2. The lowest BCUT2D eigenvalue weighted by Crippen LogP contribution is -2.38. The minimum absolute atomic E-state index is 0.144. The standard InChI is InChI=1S/C14H22FN3/c1-3-10-17-14(16-4-2)18-11-9-12-7-5-6-8-13(12)15/h5-8H,3-4,9-11H2,1-2H3,(H2,16,17,18). The van der Waals surface area contributed by atoms with Crippen molar-refractivity contribution in [2.24, 2.45) is 4.99 Å². The summed E-state index contributed by atoms with van der Waals surface area (Å²) in [4.78, 5) is 4.39. The van der Waals surface area contributed by atoms with E-state index in [0.717, 1.165) is 31.0 Å². The summed E-state index contributed by atoms with van der Waals surface area (Å²) in [6.07, 6.45) is 1.67. The van der Waals surface area contributed by atoms with Crippen LogP contribution in [0.3, 0.4) is 0 Å². The van der Waals surface area contributed by atoms with Crippen molar-refractivity contribution in [2.45, 2.75) is 26.7 Å². The molecule has 2 N–H and O–H groups in total. The molecule has 0 radical (unpaired) electrons. The van der Waals surface area contributed by atoms with E-state index in [0.29, 0.717) is 13.0 Å². The summed E-state index contributed by atoms with van der Waals surface area (Å²) in [6.45, 7) is 6.42. The molecule has 1 rings (SSSR count). The number of benzene rings is 1. The van der Waals surface area contributed by atoms with Gasteiger partial charge < -0.3 is 10.6 Å². The molecule has 0 amide bonds. The minimum Gasteiger partial charge on any atom is -0.357 e. The Labute approximate surface area is 109 Å². The third kappa shape index (κ3) is 5.17. The van der Waals surface area contributed by atoms with Crippen molar-refractivity contribution in [3.05, 3.63) is 35.6 Å². The molecule has 0 bridgehead atoms. The van der Waals surface area contributed by atoms with E-state index >= 15 is 0 Å². The Hall–Kier alpha value is -1.58. The van der Waals surface area contributed by atoms with E-state index in [9.17, 15) is 4.39 Å². The SMILES string of the molecule is CCCN=C(NCC)NCCc1ccccc1F. The second kappa shape index (κ2) is 8.50. The van der Waals surface area contributed by atoms with Crippen LogP contribution in [0.25, 0.3) is 0 Å². The van der Waals surface area contributed by atoms with E-state index < -0.39 is 0 Å². The highest BCUT2D eigenvalue weighted by atomic mass is 19.1.